The summed E-state index contributed by atoms with van der Waals surface area (Å²) in [4.78, 5) is 5.42. The van der Waals surface area contributed by atoms with Gasteiger partial charge in [-0.15, -0.1) is 0 Å². The minimum atomic E-state index is -0.521. The fourth-order valence-electron chi connectivity index (χ4n) is 3.52. The van der Waals surface area contributed by atoms with Crippen molar-refractivity contribution in [2.24, 2.45) is 0 Å². The molecule has 0 saturated heterocycles. The number of hydrogen-bond donors (Lipinski definition) is 1. The molecule has 3 aromatic rings. The van der Waals surface area contributed by atoms with Gasteiger partial charge in [-0.1, -0.05) is 6.07 Å². The molecule has 4 heteroatoms. The van der Waals surface area contributed by atoms with Crippen molar-refractivity contribution in [1.29, 1.82) is 0 Å². The van der Waals surface area contributed by atoms with E-state index in [9.17, 15) is 8.78 Å². The first kappa shape index (κ1) is 13.5. The minimum absolute atomic E-state index is 0.0155. The summed E-state index contributed by atoms with van der Waals surface area (Å²) in [5.41, 5.74) is 4.19. The SMILES string of the molecule is CN1Cc2c(ccc3[nH]ccc23)C(c2cc(F)cc(F)c2)C1. The van der Waals surface area contributed by atoms with Crippen molar-refractivity contribution in [1.82, 2.24) is 9.88 Å². The van der Waals surface area contributed by atoms with Gasteiger partial charge in [0, 0.05) is 42.2 Å². The topological polar surface area (TPSA) is 19.0 Å². The molecule has 1 unspecified atom stereocenters. The van der Waals surface area contributed by atoms with Crippen LogP contribution >= 0.6 is 0 Å². The van der Waals surface area contributed by atoms with E-state index in [2.05, 4.69) is 22.0 Å². The average molecular weight is 298 g/mol. The zero-order valence-electron chi connectivity index (χ0n) is 12.2. The summed E-state index contributed by atoms with van der Waals surface area (Å²) < 4.78 is 27.2. The largest absolute Gasteiger partial charge is 0.361 e. The highest BCUT2D eigenvalue weighted by atomic mass is 19.1. The summed E-state index contributed by atoms with van der Waals surface area (Å²) in [6.45, 7) is 1.60. The lowest BCUT2D eigenvalue weighted by Gasteiger charge is -2.33. The minimum Gasteiger partial charge on any atom is -0.361 e. The molecule has 0 amide bonds. The summed E-state index contributed by atoms with van der Waals surface area (Å²) in [7, 11) is 2.04. The summed E-state index contributed by atoms with van der Waals surface area (Å²) >= 11 is 0. The van der Waals surface area contributed by atoms with Crippen LogP contribution < -0.4 is 0 Å². The third kappa shape index (κ3) is 2.11. The van der Waals surface area contributed by atoms with Gasteiger partial charge >= 0.3 is 0 Å². The van der Waals surface area contributed by atoms with Crippen LogP contribution in [0.2, 0.25) is 0 Å². The van der Waals surface area contributed by atoms with Crippen LogP contribution in [0.3, 0.4) is 0 Å². The van der Waals surface area contributed by atoms with Gasteiger partial charge in [-0.2, -0.15) is 0 Å². The monoisotopic (exact) mass is 298 g/mol. The standard InChI is InChI=1S/C18H16F2N2/c1-22-9-16(11-6-12(19)8-13(20)7-11)14-2-3-18-15(4-5-21-18)17(14)10-22/h2-8,16,21H,9-10H2,1H3. The summed E-state index contributed by atoms with van der Waals surface area (Å²) in [6.07, 6.45) is 1.93. The van der Waals surface area contributed by atoms with E-state index in [1.54, 1.807) is 0 Å². The second-order valence-corrected chi connectivity index (χ2v) is 6.02. The van der Waals surface area contributed by atoms with Crippen LogP contribution in [0.15, 0.2) is 42.6 Å². The number of fused-ring (bicyclic) bond motifs is 3. The first-order valence-corrected chi connectivity index (χ1v) is 7.35. The lowest BCUT2D eigenvalue weighted by atomic mass is 9.83. The number of hydrogen-bond acceptors (Lipinski definition) is 1. The fraction of sp³-hybridized carbons (Fsp3) is 0.222. The van der Waals surface area contributed by atoms with E-state index in [-0.39, 0.29) is 5.92 Å². The molecule has 4 rings (SSSR count). The van der Waals surface area contributed by atoms with Crippen LogP contribution in [0, 0.1) is 11.6 Å². The van der Waals surface area contributed by atoms with E-state index in [0.29, 0.717) is 5.56 Å². The molecule has 0 spiro atoms. The van der Waals surface area contributed by atoms with Gasteiger partial charge in [-0.05, 0) is 48.0 Å². The van der Waals surface area contributed by atoms with Gasteiger partial charge in [-0.25, -0.2) is 8.78 Å². The van der Waals surface area contributed by atoms with Crippen molar-refractivity contribution in [2.45, 2.75) is 12.5 Å². The van der Waals surface area contributed by atoms with Gasteiger partial charge in [0.05, 0.1) is 0 Å². The maximum Gasteiger partial charge on any atom is 0.126 e. The smallest absolute Gasteiger partial charge is 0.126 e. The average Bonchev–Trinajstić information content (AvgIpc) is 2.94. The Labute approximate surface area is 127 Å². The van der Waals surface area contributed by atoms with Crippen molar-refractivity contribution >= 4 is 10.9 Å². The van der Waals surface area contributed by atoms with Crippen LogP contribution in [0.5, 0.6) is 0 Å². The first-order valence-electron chi connectivity index (χ1n) is 7.35. The molecule has 2 aromatic carbocycles. The molecule has 0 aliphatic carbocycles. The molecule has 0 radical (unpaired) electrons. The van der Waals surface area contributed by atoms with E-state index in [0.717, 1.165) is 30.2 Å². The van der Waals surface area contributed by atoms with E-state index in [4.69, 9.17) is 0 Å². The van der Waals surface area contributed by atoms with Crippen LogP contribution in [-0.4, -0.2) is 23.5 Å². The molecule has 0 fully saturated rings. The fourth-order valence-corrected chi connectivity index (χ4v) is 3.52. The van der Waals surface area contributed by atoms with Gasteiger partial charge in [0.1, 0.15) is 11.6 Å². The maximum atomic E-state index is 13.6. The zero-order chi connectivity index (χ0) is 15.3. The highest BCUT2D eigenvalue weighted by Crippen LogP contribution is 2.36. The Hall–Kier alpha value is -2.20. The molecule has 0 bridgehead atoms. The lowest BCUT2D eigenvalue weighted by molar-refractivity contribution is 0.296. The molecular weight excluding hydrogens is 282 g/mol. The van der Waals surface area contributed by atoms with Crippen molar-refractivity contribution in [3.63, 3.8) is 0 Å². The molecule has 1 N–H and O–H groups in total. The third-order valence-corrected chi connectivity index (χ3v) is 4.47. The third-order valence-electron chi connectivity index (χ3n) is 4.47. The zero-order valence-corrected chi connectivity index (χ0v) is 12.2. The summed E-state index contributed by atoms with van der Waals surface area (Å²) in [5.74, 6) is -1.06. The number of benzene rings is 2. The number of nitrogens with zero attached hydrogens (tertiary/aromatic N) is 1. The van der Waals surface area contributed by atoms with Crippen LogP contribution in [0.25, 0.3) is 10.9 Å². The number of aromatic nitrogens is 1. The van der Waals surface area contributed by atoms with Crippen molar-refractivity contribution in [3.05, 3.63) is 70.9 Å². The number of H-pyrrole nitrogens is 1. The van der Waals surface area contributed by atoms with Crippen LogP contribution in [0.1, 0.15) is 22.6 Å². The Bertz CT molecular complexity index is 833. The van der Waals surface area contributed by atoms with Gasteiger partial charge in [0.15, 0.2) is 0 Å². The van der Waals surface area contributed by atoms with Gasteiger partial charge in [0.25, 0.3) is 0 Å². The van der Waals surface area contributed by atoms with Gasteiger partial charge in [0.2, 0.25) is 0 Å². The van der Waals surface area contributed by atoms with Crippen molar-refractivity contribution < 1.29 is 8.78 Å². The predicted octanol–water partition coefficient (Wildman–Crippen LogP) is 4.02. The summed E-state index contributed by atoms with van der Waals surface area (Å²) in [5, 5.41) is 1.19. The molecule has 1 atom stereocenters. The normalized spacial score (nSPS) is 18.6. The van der Waals surface area contributed by atoms with Gasteiger partial charge in [-0.3, -0.25) is 0 Å². The maximum absolute atomic E-state index is 13.6. The van der Waals surface area contributed by atoms with E-state index in [1.807, 2.05) is 19.3 Å². The van der Waals surface area contributed by atoms with Crippen molar-refractivity contribution in [3.8, 4) is 0 Å². The number of halogens is 2. The first-order chi connectivity index (χ1) is 10.6. The molecule has 0 saturated carbocycles. The Morgan fingerprint density at radius 1 is 1.09 bits per heavy atom. The Balaban J connectivity index is 1.91. The molecule has 2 nitrogen and oxygen atoms in total. The van der Waals surface area contributed by atoms with Crippen LogP contribution in [-0.2, 0) is 6.54 Å². The molecule has 1 aliphatic rings. The Kier molecular flexibility index (Phi) is 3.01. The lowest BCUT2D eigenvalue weighted by Crippen LogP contribution is -2.31. The molecule has 112 valence electrons. The molecule has 2 heterocycles. The second kappa shape index (κ2) is 4.92. The van der Waals surface area contributed by atoms with E-state index >= 15 is 0 Å². The quantitative estimate of drug-likeness (QED) is 0.719. The van der Waals surface area contributed by atoms with Crippen molar-refractivity contribution in [2.75, 3.05) is 13.6 Å². The Morgan fingerprint density at radius 3 is 2.64 bits per heavy atom. The molecule has 1 aliphatic heterocycles. The van der Waals surface area contributed by atoms with E-state index in [1.165, 1.54) is 23.1 Å². The van der Waals surface area contributed by atoms with E-state index < -0.39 is 11.6 Å². The predicted molar refractivity (Wildman–Crippen MR) is 82.8 cm³/mol. The number of aromatic amines is 1. The highest BCUT2D eigenvalue weighted by molar-refractivity contribution is 5.84. The number of nitrogens with one attached hydrogen (secondary N) is 1. The molecule has 1 aromatic heterocycles. The van der Waals surface area contributed by atoms with Gasteiger partial charge < -0.3 is 9.88 Å². The number of likely N-dealkylation sites (N-methyl/N-ethyl adjacent to an activating group) is 1. The molecular formula is C18H16F2N2. The molecule has 22 heavy (non-hydrogen) atoms. The highest BCUT2D eigenvalue weighted by Gasteiger charge is 2.27. The Morgan fingerprint density at radius 2 is 1.86 bits per heavy atom. The second-order valence-electron chi connectivity index (χ2n) is 6.02. The summed E-state index contributed by atoms with van der Waals surface area (Å²) in [6, 6.07) is 10.00. The number of rotatable bonds is 1. The van der Waals surface area contributed by atoms with Crippen LogP contribution in [0.4, 0.5) is 8.78 Å².